The first kappa shape index (κ1) is 14.3. The molecular formula is C10H21NO4. The van der Waals surface area contributed by atoms with E-state index >= 15 is 0 Å². The van der Waals surface area contributed by atoms with Gasteiger partial charge in [0.1, 0.15) is 12.6 Å². The maximum Gasteiger partial charge on any atom is 0.322 e. The van der Waals surface area contributed by atoms with Crippen molar-refractivity contribution in [2.24, 2.45) is 5.73 Å². The third-order valence-electron chi connectivity index (χ3n) is 1.85. The lowest BCUT2D eigenvalue weighted by molar-refractivity contribution is -0.146. The highest BCUT2D eigenvalue weighted by Crippen LogP contribution is 1.91. The van der Waals surface area contributed by atoms with Crippen LogP contribution in [0.1, 0.15) is 19.8 Å². The van der Waals surface area contributed by atoms with Crippen LogP contribution in [-0.4, -0.2) is 45.5 Å². The minimum atomic E-state index is -0.515. The van der Waals surface area contributed by atoms with Crippen LogP contribution in [0.5, 0.6) is 0 Å². The number of methoxy groups -OCH3 is 1. The van der Waals surface area contributed by atoms with Crippen LogP contribution in [0.2, 0.25) is 0 Å². The smallest absolute Gasteiger partial charge is 0.322 e. The minimum absolute atomic E-state index is 0.263. The molecule has 0 radical (unpaired) electrons. The molecule has 0 amide bonds. The first-order chi connectivity index (χ1) is 7.22. The predicted octanol–water partition coefficient (Wildman–Crippen LogP) is 0.320. The van der Waals surface area contributed by atoms with Crippen molar-refractivity contribution < 1.29 is 19.0 Å². The molecule has 0 aliphatic heterocycles. The number of esters is 1. The highest BCUT2D eigenvalue weighted by atomic mass is 16.6. The van der Waals surface area contributed by atoms with Crippen LogP contribution in [0, 0.1) is 0 Å². The average molecular weight is 219 g/mol. The Morgan fingerprint density at radius 2 is 2.00 bits per heavy atom. The van der Waals surface area contributed by atoms with Crippen molar-refractivity contribution in [1.82, 2.24) is 0 Å². The fourth-order valence-corrected chi connectivity index (χ4v) is 0.882. The van der Waals surface area contributed by atoms with E-state index in [0.717, 1.165) is 6.42 Å². The van der Waals surface area contributed by atoms with Crippen molar-refractivity contribution in [1.29, 1.82) is 0 Å². The van der Waals surface area contributed by atoms with E-state index in [9.17, 15) is 4.79 Å². The Hall–Kier alpha value is -0.650. The maximum atomic E-state index is 11.1. The maximum absolute atomic E-state index is 11.1. The van der Waals surface area contributed by atoms with Gasteiger partial charge in [-0.2, -0.15) is 0 Å². The standard InChI is InChI=1S/C10H21NO4/c1-3-9(11)10(12)15-8-7-14-6-4-5-13-2/h9H,3-8,11H2,1-2H3/t9-/m0/s1. The molecule has 5 heteroatoms. The molecule has 1 atom stereocenters. The van der Waals surface area contributed by atoms with Crippen LogP contribution in [0.15, 0.2) is 0 Å². The molecule has 0 aliphatic rings. The first-order valence-corrected chi connectivity index (χ1v) is 5.21. The van der Waals surface area contributed by atoms with Crippen molar-refractivity contribution >= 4 is 5.97 Å². The summed E-state index contributed by atoms with van der Waals surface area (Å²) in [6, 6.07) is -0.515. The minimum Gasteiger partial charge on any atom is -0.462 e. The topological polar surface area (TPSA) is 70.8 Å². The van der Waals surface area contributed by atoms with Gasteiger partial charge in [-0.3, -0.25) is 4.79 Å². The van der Waals surface area contributed by atoms with E-state index in [-0.39, 0.29) is 12.6 Å². The Morgan fingerprint density at radius 1 is 1.27 bits per heavy atom. The van der Waals surface area contributed by atoms with Crippen LogP contribution in [0.25, 0.3) is 0 Å². The fourth-order valence-electron chi connectivity index (χ4n) is 0.882. The van der Waals surface area contributed by atoms with Gasteiger partial charge in [-0.15, -0.1) is 0 Å². The number of rotatable bonds is 9. The lowest BCUT2D eigenvalue weighted by atomic mass is 10.2. The summed E-state index contributed by atoms with van der Waals surface area (Å²) in [5, 5.41) is 0. The Morgan fingerprint density at radius 3 is 2.60 bits per heavy atom. The summed E-state index contributed by atoms with van der Waals surface area (Å²) in [6.45, 7) is 3.81. The Bertz CT molecular complexity index is 164. The molecule has 0 bridgehead atoms. The van der Waals surface area contributed by atoms with Crippen molar-refractivity contribution in [2.45, 2.75) is 25.8 Å². The molecule has 0 heterocycles. The van der Waals surface area contributed by atoms with E-state index in [2.05, 4.69) is 0 Å². The van der Waals surface area contributed by atoms with Crippen LogP contribution in [-0.2, 0) is 19.0 Å². The summed E-state index contributed by atoms with van der Waals surface area (Å²) in [6.07, 6.45) is 1.44. The van der Waals surface area contributed by atoms with Gasteiger partial charge in [-0.05, 0) is 12.8 Å². The number of carbonyl (C=O) groups is 1. The van der Waals surface area contributed by atoms with Crippen molar-refractivity contribution in [3.63, 3.8) is 0 Å². The van der Waals surface area contributed by atoms with Gasteiger partial charge in [0.2, 0.25) is 0 Å². The SMILES string of the molecule is CC[C@H](N)C(=O)OCCOCCCOC. The number of ether oxygens (including phenoxy) is 3. The zero-order valence-electron chi connectivity index (χ0n) is 9.53. The van der Waals surface area contributed by atoms with Gasteiger partial charge in [0.25, 0.3) is 0 Å². The molecule has 0 aliphatic carbocycles. The normalized spacial score (nSPS) is 12.5. The molecule has 0 saturated heterocycles. The van der Waals surface area contributed by atoms with Crippen LogP contribution in [0.4, 0.5) is 0 Å². The zero-order chi connectivity index (χ0) is 11.5. The van der Waals surface area contributed by atoms with E-state index in [1.807, 2.05) is 6.92 Å². The van der Waals surface area contributed by atoms with Gasteiger partial charge < -0.3 is 19.9 Å². The van der Waals surface area contributed by atoms with E-state index in [0.29, 0.717) is 26.2 Å². The molecule has 0 aromatic heterocycles. The predicted molar refractivity (Wildman–Crippen MR) is 56.5 cm³/mol. The molecule has 0 saturated carbocycles. The van der Waals surface area contributed by atoms with Gasteiger partial charge in [0, 0.05) is 20.3 Å². The van der Waals surface area contributed by atoms with E-state index < -0.39 is 6.04 Å². The molecule has 0 aromatic carbocycles. The largest absolute Gasteiger partial charge is 0.462 e. The summed E-state index contributed by atoms with van der Waals surface area (Å²) < 4.78 is 14.9. The molecule has 2 N–H and O–H groups in total. The summed E-state index contributed by atoms with van der Waals surface area (Å²) in [4.78, 5) is 11.1. The van der Waals surface area contributed by atoms with E-state index in [1.54, 1.807) is 7.11 Å². The van der Waals surface area contributed by atoms with Gasteiger partial charge in [0.15, 0.2) is 0 Å². The number of hydrogen-bond acceptors (Lipinski definition) is 5. The van der Waals surface area contributed by atoms with Gasteiger partial charge in [-0.1, -0.05) is 6.92 Å². The lowest BCUT2D eigenvalue weighted by Gasteiger charge is -2.09. The van der Waals surface area contributed by atoms with Gasteiger partial charge in [0.05, 0.1) is 6.61 Å². The number of nitrogens with two attached hydrogens (primary N) is 1. The summed E-state index contributed by atoms with van der Waals surface area (Å²) in [5.74, 6) is -0.363. The van der Waals surface area contributed by atoms with Crippen LogP contribution >= 0.6 is 0 Å². The number of carbonyl (C=O) groups excluding carboxylic acids is 1. The Labute approximate surface area is 90.9 Å². The summed E-state index contributed by atoms with van der Waals surface area (Å²) in [7, 11) is 1.65. The molecule has 0 rings (SSSR count). The van der Waals surface area contributed by atoms with Crippen molar-refractivity contribution in [3.8, 4) is 0 Å². The quantitative estimate of drug-likeness (QED) is 0.446. The summed E-state index contributed by atoms with van der Waals surface area (Å²) in [5.41, 5.74) is 5.47. The summed E-state index contributed by atoms with van der Waals surface area (Å²) >= 11 is 0. The zero-order valence-corrected chi connectivity index (χ0v) is 9.53. The first-order valence-electron chi connectivity index (χ1n) is 5.21. The molecule has 15 heavy (non-hydrogen) atoms. The highest BCUT2D eigenvalue weighted by molar-refractivity contribution is 5.75. The van der Waals surface area contributed by atoms with Gasteiger partial charge >= 0.3 is 5.97 Å². The fraction of sp³-hybridized carbons (Fsp3) is 0.900. The van der Waals surface area contributed by atoms with Crippen molar-refractivity contribution in [3.05, 3.63) is 0 Å². The molecular weight excluding hydrogens is 198 g/mol. The third kappa shape index (κ3) is 8.35. The third-order valence-corrected chi connectivity index (χ3v) is 1.85. The second-order valence-electron chi connectivity index (χ2n) is 3.14. The van der Waals surface area contributed by atoms with Crippen LogP contribution in [0.3, 0.4) is 0 Å². The Balaban J connectivity index is 3.20. The monoisotopic (exact) mass is 219 g/mol. The highest BCUT2D eigenvalue weighted by Gasteiger charge is 2.11. The average Bonchev–Trinajstić information content (AvgIpc) is 2.26. The number of hydrogen-bond donors (Lipinski definition) is 1. The van der Waals surface area contributed by atoms with Crippen molar-refractivity contribution in [2.75, 3.05) is 33.5 Å². The van der Waals surface area contributed by atoms with Gasteiger partial charge in [-0.25, -0.2) is 0 Å². The lowest BCUT2D eigenvalue weighted by Crippen LogP contribution is -2.32. The molecule has 0 fully saturated rings. The van der Waals surface area contributed by atoms with E-state index in [4.69, 9.17) is 19.9 Å². The molecule has 5 nitrogen and oxygen atoms in total. The molecule has 0 unspecified atom stereocenters. The second kappa shape index (κ2) is 9.89. The Kier molecular flexibility index (Phi) is 9.46. The molecule has 90 valence electrons. The molecule has 0 aromatic rings. The molecule has 0 spiro atoms. The van der Waals surface area contributed by atoms with E-state index in [1.165, 1.54) is 0 Å². The second-order valence-corrected chi connectivity index (χ2v) is 3.14. The van der Waals surface area contributed by atoms with Crippen LogP contribution < -0.4 is 5.73 Å².